The van der Waals surface area contributed by atoms with Crippen LogP contribution >= 0.6 is 24.0 Å². The number of halogens is 1. The molecule has 7 heteroatoms. The third-order valence-electron chi connectivity index (χ3n) is 5.14. The minimum Gasteiger partial charge on any atom is -0.357 e. The first kappa shape index (κ1) is 24.2. The Morgan fingerprint density at radius 3 is 2.37 bits per heavy atom. The van der Waals surface area contributed by atoms with Crippen LogP contribution in [0.3, 0.4) is 0 Å². The van der Waals surface area contributed by atoms with Crippen LogP contribution in [0, 0.1) is 6.92 Å². The Balaban J connectivity index is 0.00000364. The van der Waals surface area contributed by atoms with Gasteiger partial charge in [-0.05, 0) is 33.3 Å². The van der Waals surface area contributed by atoms with Crippen molar-refractivity contribution in [2.75, 3.05) is 31.9 Å². The van der Waals surface area contributed by atoms with E-state index >= 15 is 0 Å². The monoisotopic (exact) mass is 507 g/mol. The van der Waals surface area contributed by atoms with Gasteiger partial charge in [-0.1, -0.05) is 43.7 Å². The molecule has 5 nitrogen and oxygen atoms in total. The molecule has 0 radical (unpaired) electrons. The summed E-state index contributed by atoms with van der Waals surface area (Å²) in [4.78, 5) is 6.94. The predicted molar refractivity (Wildman–Crippen MR) is 125 cm³/mol. The molecule has 1 saturated heterocycles. The first-order chi connectivity index (χ1) is 12.0. The van der Waals surface area contributed by atoms with E-state index < -0.39 is 14.6 Å². The number of rotatable bonds is 4. The van der Waals surface area contributed by atoms with Crippen LogP contribution in [0.4, 0.5) is 0 Å². The Morgan fingerprint density at radius 2 is 1.85 bits per heavy atom. The van der Waals surface area contributed by atoms with Crippen molar-refractivity contribution < 1.29 is 8.42 Å². The van der Waals surface area contributed by atoms with Gasteiger partial charge in [0.1, 0.15) is 0 Å². The standard InChI is InChI=1S/C20H33N3O2S.HI/c1-7-21-18(23-12-13-26(24,25)20(5,6)15-23)22-14-19(3,4)17-10-8-16(2)9-11-17;/h8-11H,7,12-15H2,1-6H3,(H,21,22);1H. The zero-order valence-corrected chi connectivity index (χ0v) is 20.5. The summed E-state index contributed by atoms with van der Waals surface area (Å²) in [5.74, 6) is 0.974. The summed E-state index contributed by atoms with van der Waals surface area (Å²) < 4.78 is 23.8. The molecule has 1 fully saturated rings. The van der Waals surface area contributed by atoms with E-state index in [-0.39, 0.29) is 35.1 Å². The highest BCUT2D eigenvalue weighted by molar-refractivity contribution is 14.0. The molecule has 154 valence electrons. The Kier molecular flexibility index (Phi) is 8.17. The Bertz CT molecular complexity index is 756. The van der Waals surface area contributed by atoms with Gasteiger partial charge in [0, 0.05) is 25.0 Å². The largest absolute Gasteiger partial charge is 0.357 e. The normalized spacial score (nSPS) is 19.3. The van der Waals surface area contributed by atoms with Crippen molar-refractivity contribution in [3.05, 3.63) is 35.4 Å². The third-order valence-corrected chi connectivity index (χ3v) is 7.67. The van der Waals surface area contributed by atoms with Crippen LogP contribution in [0.1, 0.15) is 45.7 Å². The van der Waals surface area contributed by atoms with Crippen LogP contribution in [0.25, 0.3) is 0 Å². The molecule has 0 saturated carbocycles. The zero-order chi connectivity index (χ0) is 19.6. The fourth-order valence-corrected chi connectivity index (χ4v) is 4.48. The number of aliphatic imine (C=N–C) groups is 1. The molecule has 1 N–H and O–H groups in total. The lowest BCUT2D eigenvalue weighted by Gasteiger charge is -2.39. The Hall–Kier alpha value is -0.830. The van der Waals surface area contributed by atoms with Crippen molar-refractivity contribution in [3.8, 4) is 0 Å². The molecular weight excluding hydrogens is 473 g/mol. The number of nitrogens with zero attached hydrogens (tertiary/aromatic N) is 2. The molecule has 0 aromatic heterocycles. The summed E-state index contributed by atoms with van der Waals surface area (Å²) in [5.41, 5.74) is 2.41. The van der Waals surface area contributed by atoms with Crippen molar-refractivity contribution in [1.82, 2.24) is 10.2 Å². The molecule has 2 rings (SSSR count). The number of aryl methyl sites for hydroxylation is 1. The van der Waals surface area contributed by atoms with Crippen molar-refractivity contribution in [2.45, 2.75) is 51.7 Å². The molecule has 1 aromatic carbocycles. The van der Waals surface area contributed by atoms with Crippen LogP contribution in [-0.4, -0.2) is 56.0 Å². The second-order valence-corrected chi connectivity index (χ2v) is 11.2. The molecule has 0 amide bonds. The molecule has 1 aliphatic rings. The number of benzene rings is 1. The highest BCUT2D eigenvalue weighted by atomic mass is 127. The van der Waals surface area contributed by atoms with Gasteiger partial charge in [-0.3, -0.25) is 4.99 Å². The van der Waals surface area contributed by atoms with Gasteiger partial charge in [0.15, 0.2) is 15.8 Å². The van der Waals surface area contributed by atoms with Crippen molar-refractivity contribution in [1.29, 1.82) is 0 Å². The topological polar surface area (TPSA) is 61.8 Å². The zero-order valence-electron chi connectivity index (χ0n) is 17.4. The fraction of sp³-hybridized carbons (Fsp3) is 0.650. The number of hydrogen-bond acceptors (Lipinski definition) is 3. The minimum atomic E-state index is -3.06. The second-order valence-electron chi connectivity index (χ2n) is 8.42. The van der Waals surface area contributed by atoms with E-state index in [1.807, 2.05) is 6.92 Å². The van der Waals surface area contributed by atoms with Gasteiger partial charge < -0.3 is 10.2 Å². The van der Waals surface area contributed by atoms with Crippen LogP contribution < -0.4 is 5.32 Å². The SMILES string of the molecule is CCNC(=NCC(C)(C)c1ccc(C)cc1)N1CCS(=O)(=O)C(C)(C)C1.I. The van der Waals surface area contributed by atoms with Crippen molar-refractivity contribution >= 4 is 39.8 Å². The second kappa shape index (κ2) is 9.11. The fourth-order valence-electron chi connectivity index (χ4n) is 3.12. The maximum atomic E-state index is 12.3. The number of nitrogens with one attached hydrogen (secondary N) is 1. The van der Waals surface area contributed by atoms with Gasteiger partial charge in [-0.15, -0.1) is 24.0 Å². The predicted octanol–water partition coefficient (Wildman–Crippen LogP) is 3.37. The maximum Gasteiger partial charge on any atom is 0.194 e. The van der Waals surface area contributed by atoms with Crippen molar-refractivity contribution in [2.24, 2.45) is 4.99 Å². The molecule has 0 unspecified atom stereocenters. The van der Waals surface area contributed by atoms with Gasteiger partial charge in [-0.25, -0.2) is 8.42 Å². The van der Waals surface area contributed by atoms with Gasteiger partial charge in [0.05, 0.1) is 17.0 Å². The summed E-state index contributed by atoms with van der Waals surface area (Å²) in [6, 6.07) is 8.58. The van der Waals surface area contributed by atoms with Gasteiger partial charge in [0.2, 0.25) is 0 Å². The summed E-state index contributed by atoms with van der Waals surface area (Å²) in [7, 11) is -3.06. The lowest BCUT2D eigenvalue weighted by atomic mass is 9.84. The first-order valence-corrected chi connectivity index (χ1v) is 11.0. The number of hydrogen-bond donors (Lipinski definition) is 1. The summed E-state index contributed by atoms with van der Waals surface area (Å²) in [6.45, 7) is 14.5. The molecular formula is C20H34IN3O2S. The van der Waals surface area contributed by atoms with Crippen LogP contribution in [-0.2, 0) is 15.3 Å². The van der Waals surface area contributed by atoms with Crippen LogP contribution in [0.15, 0.2) is 29.3 Å². The van der Waals surface area contributed by atoms with Gasteiger partial charge in [-0.2, -0.15) is 0 Å². The maximum absolute atomic E-state index is 12.3. The Labute approximate surface area is 182 Å². The van der Waals surface area contributed by atoms with Crippen LogP contribution in [0.5, 0.6) is 0 Å². The molecule has 27 heavy (non-hydrogen) atoms. The van der Waals surface area contributed by atoms with E-state index in [1.165, 1.54) is 11.1 Å². The highest BCUT2D eigenvalue weighted by Crippen LogP contribution is 2.26. The average molecular weight is 507 g/mol. The summed E-state index contributed by atoms with van der Waals surface area (Å²) >= 11 is 0. The molecule has 0 spiro atoms. The minimum absolute atomic E-state index is 0. The smallest absolute Gasteiger partial charge is 0.194 e. The summed E-state index contributed by atoms with van der Waals surface area (Å²) in [5, 5.41) is 3.33. The molecule has 0 atom stereocenters. The lowest BCUT2D eigenvalue weighted by Crippen LogP contribution is -2.57. The molecule has 0 bridgehead atoms. The highest BCUT2D eigenvalue weighted by Gasteiger charge is 2.41. The number of sulfone groups is 1. The third kappa shape index (κ3) is 5.82. The molecule has 1 heterocycles. The van der Waals surface area contributed by atoms with E-state index in [9.17, 15) is 8.42 Å². The first-order valence-electron chi connectivity index (χ1n) is 9.31. The van der Waals surface area contributed by atoms with E-state index in [4.69, 9.17) is 4.99 Å². The lowest BCUT2D eigenvalue weighted by molar-refractivity contribution is 0.352. The molecule has 0 aliphatic carbocycles. The quantitative estimate of drug-likeness (QED) is 0.386. The van der Waals surface area contributed by atoms with E-state index in [0.717, 1.165) is 12.5 Å². The molecule has 1 aliphatic heterocycles. The van der Waals surface area contributed by atoms with E-state index in [1.54, 1.807) is 13.8 Å². The van der Waals surface area contributed by atoms with E-state index in [2.05, 4.69) is 55.3 Å². The Morgan fingerprint density at radius 1 is 1.26 bits per heavy atom. The average Bonchev–Trinajstić information content (AvgIpc) is 2.54. The summed E-state index contributed by atoms with van der Waals surface area (Å²) in [6.07, 6.45) is 0. The van der Waals surface area contributed by atoms with E-state index in [0.29, 0.717) is 19.6 Å². The van der Waals surface area contributed by atoms with Gasteiger partial charge in [0.25, 0.3) is 0 Å². The van der Waals surface area contributed by atoms with Crippen LogP contribution in [0.2, 0.25) is 0 Å². The number of guanidine groups is 1. The van der Waals surface area contributed by atoms with Crippen molar-refractivity contribution in [3.63, 3.8) is 0 Å². The molecule has 1 aromatic rings. The van der Waals surface area contributed by atoms with Gasteiger partial charge >= 0.3 is 0 Å².